The maximum atomic E-state index is 5.93. The number of thiazole rings is 1. The second-order valence-electron chi connectivity index (χ2n) is 5.85. The second kappa shape index (κ2) is 3.92. The van der Waals surface area contributed by atoms with E-state index in [1.54, 1.807) is 11.3 Å². The van der Waals surface area contributed by atoms with Crippen molar-refractivity contribution >= 4 is 16.5 Å². The summed E-state index contributed by atoms with van der Waals surface area (Å²) >= 11 is 1.59. The van der Waals surface area contributed by atoms with Crippen LogP contribution in [0.2, 0.25) is 0 Å². The molecule has 0 bridgehead atoms. The fourth-order valence-electron chi connectivity index (χ4n) is 4.17. The molecule has 1 saturated heterocycles. The van der Waals surface area contributed by atoms with Gasteiger partial charge < -0.3 is 15.8 Å². The Balaban J connectivity index is 1.44. The number of nitrogens with two attached hydrogens (primary N) is 1. The average molecular weight is 265 g/mol. The molecule has 2 saturated carbocycles. The number of anilines is 1. The largest absolute Gasteiger partial charge is 0.377 e. The topological polar surface area (TPSA) is 60.2 Å². The van der Waals surface area contributed by atoms with Gasteiger partial charge >= 0.3 is 0 Å². The van der Waals surface area contributed by atoms with E-state index in [1.807, 2.05) is 6.20 Å². The molecule has 3 unspecified atom stereocenters. The third-order valence-electron chi connectivity index (χ3n) is 5.10. The summed E-state index contributed by atoms with van der Waals surface area (Å²) in [6.45, 7) is 1.87. The molecule has 4 nitrogen and oxygen atoms in total. The number of rotatable bonds is 3. The highest BCUT2D eigenvalue weighted by Crippen LogP contribution is 2.62. The van der Waals surface area contributed by atoms with Gasteiger partial charge in [0, 0.05) is 41.6 Å². The summed E-state index contributed by atoms with van der Waals surface area (Å²) in [5.74, 6) is 0.746. The Hall–Kier alpha value is -0.650. The van der Waals surface area contributed by atoms with Crippen molar-refractivity contribution in [2.75, 3.05) is 12.3 Å². The second-order valence-corrected chi connectivity index (χ2v) is 7.00. The molecular formula is C13H19N3OS. The quantitative estimate of drug-likeness (QED) is 0.874. The van der Waals surface area contributed by atoms with Gasteiger partial charge in [0.2, 0.25) is 0 Å². The Morgan fingerprint density at radius 2 is 2.44 bits per heavy atom. The van der Waals surface area contributed by atoms with Gasteiger partial charge in [0.15, 0.2) is 5.13 Å². The zero-order chi connectivity index (χ0) is 12.2. The molecule has 0 radical (unpaired) electrons. The van der Waals surface area contributed by atoms with E-state index in [9.17, 15) is 0 Å². The standard InChI is InChI=1S/C13H19N3OS/c14-12-16-7-8(18-12)6-15-10-9-2-5-17-11(9)13(10)3-1-4-13/h7,9-11,15H,1-6H2,(H2,14,16). The summed E-state index contributed by atoms with van der Waals surface area (Å²) in [6.07, 6.45) is 7.73. The van der Waals surface area contributed by atoms with E-state index >= 15 is 0 Å². The lowest BCUT2D eigenvalue weighted by molar-refractivity contribution is -0.176. The normalized spacial score (nSPS) is 36.1. The van der Waals surface area contributed by atoms with Crippen molar-refractivity contribution in [1.29, 1.82) is 0 Å². The molecule has 1 spiro atoms. The highest BCUT2D eigenvalue weighted by atomic mass is 32.1. The summed E-state index contributed by atoms with van der Waals surface area (Å²) in [7, 11) is 0. The molecule has 1 aromatic heterocycles. The lowest BCUT2D eigenvalue weighted by atomic mass is 9.46. The van der Waals surface area contributed by atoms with Gasteiger partial charge in [-0.1, -0.05) is 6.42 Å². The molecule has 3 aliphatic rings. The smallest absolute Gasteiger partial charge is 0.180 e. The zero-order valence-electron chi connectivity index (χ0n) is 10.4. The molecule has 3 atom stereocenters. The Labute approximate surface area is 111 Å². The summed E-state index contributed by atoms with van der Waals surface area (Å²) in [5, 5.41) is 4.42. The van der Waals surface area contributed by atoms with Crippen molar-refractivity contribution in [1.82, 2.24) is 10.3 Å². The molecule has 5 heteroatoms. The Morgan fingerprint density at radius 1 is 1.56 bits per heavy atom. The maximum Gasteiger partial charge on any atom is 0.180 e. The number of fused-ring (bicyclic) bond motifs is 2. The fraction of sp³-hybridized carbons (Fsp3) is 0.769. The number of aromatic nitrogens is 1. The predicted octanol–water partition coefficient (Wildman–Crippen LogP) is 1.77. The minimum absolute atomic E-state index is 0.470. The predicted molar refractivity (Wildman–Crippen MR) is 71.3 cm³/mol. The number of nitrogen functional groups attached to an aromatic ring is 1. The maximum absolute atomic E-state index is 5.93. The van der Waals surface area contributed by atoms with Gasteiger partial charge in [0.05, 0.1) is 6.10 Å². The average Bonchev–Trinajstić information content (AvgIpc) is 2.86. The number of nitrogens with one attached hydrogen (secondary N) is 1. The Kier molecular flexibility index (Phi) is 2.44. The lowest BCUT2D eigenvalue weighted by Gasteiger charge is -2.63. The fourth-order valence-corrected chi connectivity index (χ4v) is 4.81. The Bertz CT molecular complexity index is 457. The van der Waals surface area contributed by atoms with Crippen LogP contribution in [0.25, 0.3) is 0 Å². The van der Waals surface area contributed by atoms with E-state index in [1.165, 1.54) is 30.6 Å². The molecule has 2 aliphatic carbocycles. The third kappa shape index (κ3) is 1.41. The first-order valence-corrected chi connectivity index (χ1v) is 7.66. The highest BCUT2D eigenvalue weighted by molar-refractivity contribution is 7.15. The molecule has 0 amide bonds. The summed E-state index contributed by atoms with van der Waals surface area (Å²) in [6, 6.07) is 0.655. The van der Waals surface area contributed by atoms with Gasteiger partial charge in [0.25, 0.3) is 0 Å². The summed E-state index contributed by atoms with van der Waals surface area (Å²) in [5.41, 5.74) is 6.14. The van der Waals surface area contributed by atoms with Crippen LogP contribution in [-0.4, -0.2) is 23.7 Å². The zero-order valence-corrected chi connectivity index (χ0v) is 11.2. The van der Waals surface area contributed by atoms with Crippen molar-refractivity contribution < 1.29 is 4.74 Å². The van der Waals surface area contributed by atoms with Crippen molar-refractivity contribution in [2.24, 2.45) is 11.3 Å². The van der Waals surface area contributed by atoms with Crippen LogP contribution in [0.5, 0.6) is 0 Å². The van der Waals surface area contributed by atoms with Crippen LogP contribution in [0, 0.1) is 11.3 Å². The number of nitrogens with zero attached hydrogens (tertiary/aromatic N) is 1. The molecule has 1 aromatic rings. The molecule has 1 aliphatic heterocycles. The van der Waals surface area contributed by atoms with Gasteiger partial charge in [-0.25, -0.2) is 4.98 Å². The van der Waals surface area contributed by atoms with Gasteiger partial charge in [-0.15, -0.1) is 11.3 Å². The molecule has 3 N–H and O–H groups in total. The van der Waals surface area contributed by atoms with E-state index in [0.717, 1.165) is 19.1 Å². The first-order valence-electron chi connectivity index (χ1n) is 6.85. The Morgan fingerprint density at radius 3 is 3.11 bits per heavy atom. The number of hydrogen-bond acceptors (Lipinski definition) is 5. The SMILES string of the molecule is Nc1ncc(CNC2C3CCOC3C23CCC3)s1. The number of ether oxygens (including phenoxy) is 1. The first kappa shape index (κ1) is 11.2. The van der Waals surface area contributed by atoms with E-state index in [0.29, 0.717) is 22.7 Å². The molecule has 98 valence electrons. The lowest BCUT2D eigenvalue weighted by Crippen LogP contribution is -2.70. The van der Waals surface area contributed by atoms with E-state index in [4.69, 9.17) is 10.5 Å². The van der Waals surface area contributed by atoms with Crippen LogP contribution in [0.15, 0.2) is 6.20 Å². The minimum Gasteiger partial charge on any atom is -0.377 e. The molecule has 4 rings (SSSR count). The third-order valence-corrected chi connectivity index (χ3v) is 5.93. The molecule has 3 fully saturated rings. The van der Waals surface area contributed by atoms with Gasteiger partial charge in [-0.3, -0.25) is 0 Å². The van der Waals surface area contributed by atoms with Crippen molar-refractivity contribution in [3.8, 4) is 0 Å². The van der Waals surface area contributed by atoms with Gasteiger partial charge in [-0.05, 0) is 19.3 Å². The van der Waals surface area contributed by atoms with Crippen LogP contribution in [0.4, 0.5) is 5.13 Å². The molecule has 0 aromatic carbocycles. The van der Waals surface area contributed by atoms with Gasteiger partial charge in [-0.2, -0.15) is 0 Å². The minimum atomic E-state index is 0.470. The van der Waals surface area contributed by atoms with E-state index in [-0.39, 0.29) is 0 Å². The van der Waals surface area contributed by atoms with E-state index < -0.39 is 0 Å². The van der Waals surface area contributed by atoms with Crippen LogP contribution in [-0.2, 0) is 11.3 Å². The monoisotopic (exact) mass is 265 g/mol. The van der Waals surface area contributed by atoms with Crippen molar-refractivity contribution in [3.05, 3.63) is 11.1 Å². The van der Waals surface area contributed by atoms with Crippen molar-refractivity contribution in [3.63, 3.8) is 0 Å². The summed E-state index contributed by atoms with van der Waals surface area (Å²) in [4.78, 5) is 5.35. The van der Waals surface area contributed by atoms with Gasteiger partial charge in [0.1, 0.15) is 0 Å². The highest BCUT2D eigenvalue weighted by Gasteiger charge is 2.66. The van der Waals surface area contributed by atoms with E-state index in [2.05, 4.69) is 10.3 Å². The van der Waals surface area contributed by atoms with Crippen LogP contribution in [0.1, 0.15) is 30.6 Å². The first-order chi connectivity index (χ1) is 8.79. The van der Waals surface area contributed by atoms with Crippen LogP contribution in [0.3, 0.4) is 0 Å². The van der Waals surface area contributed by atoms with Crippen LogP contribution < -0.4 is 11.1 Å². The summed E-state index contributed by atoms with van der Waals surface area (Å²) < 4.78 is 5.93. The molecule has 2 heterocycles. The molecule has 18 heavy (non-hydrogen) atoms. The molecular weight excluding hydrogens is 246 g/mol. The van der Waals surface area contributed by atoms with Crippen LogP contribution >= 0.6 is 11.3 Å². The number of hydrogen-bond donors (Lipinski definition) is 2. The van der Waals surface area contributed by atoms with Crippen molar-refractivity contribution in [2.45, 2.75) is 44.4 Å².